The quantitative estimate of drug-likeness (QED) is 0.773. The van der Waals surface area contributed by atoms with Gasteiger partial charge in [0.25, 0.3) is 0 Å². The first kappa shape index (κ1) is 14.5. The van der Waals surface area contributed by atoms with Crippen molar-refractivity contribution >= 4 is 5.91 Å². The number of amides is 1. The monoisotopic (exact) mass is 241 g/mol. The van der Waals surface area contributed by atoms with Gasteiger partial charge >= 0.3 is 0 Å². The van der Waals surface area contributed by atoms with Crippen LogP contribution in [0.1, 0.15) is 27.7 Å². The third-order valence-electron chi connectivity index (χ3n) is 3.21. The van der Waals surface area contributed by atoms with Crippen LogP contribution in [0.5, 0.6) is 0 Å². The van der Waals surface area contributed by atoms with Gasteiger partial charge in [0.05, 0.1) is 6.54 Å². The molecule has 0 aromatic heterocycles. The van der Waals surface area contributed by atoms with Crippen molar-refractivity contribution in [2.45, 2.75) is 33.7 Å². The van der Waals surface area contributed by atoms with E-state index < -0.39 is 0 Å². The van der Waals surface area contributed by atoms with Crippen LogP contribution in [-0.4, -0.2) is 61.0 Å². The molecule has 0 aliphatic carbocycles. The Balaban J connectivity index is 2.19. The van der Waals surface area contributed by atoms with Gasteiger partial charge in [0.15, 0.2) is 0 Å². The van der Waals surface area contributed by atoms with Crippen molar-refractivity contribution in [3.8, 4) is 0 Å². The smallest absolute Gasteiger partial charge is 0.234 e. The Morgan fingerprint density at radius 3 is 2.18 bits per heavy atom. The second-order valence-electron chi connectivity index (χ2n) is 5.60. The zero-order valence-electron chi connectivity index (χ0n) is 11.7. The van der Waals surface area contributed by atoms with Gasteiger partial charge in [-0.25, -0.2) is 0 Å². The summed E-state index contributed by atoms with van der Waals surface area (Å²) in [5.41, 5.74) is 0. The Kier molecular flexibility index (Phi) is 5.92. The summed E-state index contributed by atoms with van der Waals surface area (Å²) in [7, 11) is 0. The highest BCUT2D eigenvalue weighted by Crippen LogP contribution is 2.05. The number of rotatable bonds is 5. The zero-order chi connectivity index (χ0) is 12.8. The number of piperazine rings is 1. The summed E-state index contributed by atoms with van der Waals surface area (Å²) in [6, 6.07) is 0.618. The third-order valence-corrected chi connectivity index (χ3v) is 3.21. The van der Waals surface area contributed by atoms with Gasteiger partial charge < -0.3 is 5.32 Å². The first-order valence-corrected chi connectivity index (χ1v) is 6.72. The van der Waals surface area contributed by atoms with Gasteiger partial charge in [-0.05, 0) is 19.8 Å². The molecule has 4 heteroatoms. The topological polar surface area (TPSA) is 35.6 Å². The minimum atomic E-state index is 0.164. The molecule has 0 aromatic rings. The second kappa shape index (κ2) is 6.97. The average molecular weight is 241 g/mol. The van der Waals surface area contributed by atoms with Crippen LogP contribution < -0.4 is 5.32 Å². The normalized spacial score (nSPS) is 18.9. The highest BCUT2D eigenvalue weighted by Gasteiger charge is 2.20. The van der Waals surface area contributed by atoms with Gasteiger partial charge in [0, 0.05) is 38.8 Å². The molecule has 0 aromatic carbocycles. The molecular formula is C13H27N3O. The molecular weight excluding hydrogens is 214 g/mol. The summed E-state index contributed by atoms with van der Waals surface area (Å²) in [4.78, 5) is 16.4. The number of carbonyl (C=O) groups excluding carboxylic acids is 1. The van der Waals surface area contributed by atoms with Crippen molar-refractivity contribution < 1.29 is 4.79 Å². The summed E-state index contributed by atoms with van der Waals surface area (Å²) < 4.78 is 0. The van der Waals surface area contributed by atoms with Crippen LogP contribution in [0.25, 0.3) is 0 Å². The molecule has 0 radical (unpaired) electrons. The number of carbonyl (C=O) groups is 1. The fraction of sp³-hybridized carbons (Fsp3) is 0.923. The molecule has 0 spiro atoms. The molecule has 17 heavy (non-hydrogen) atoms. The van der Waals surface area contributed by atoms with Crippen molar-refractivity contribution in [3.63, 3.8) is 0 Å². The van der Waals surface area contributed by atoms with E-state index in [4.69, 9.17) is 0 Å². The van der Waals surface area contributed by atoms with Crippen LogP contribution in [0.3, 0.4) is 0 Å². The van der Waals surface area contributed by atoms with Gasteiger partial charge in [0.2, 0.25) is 5.91 Å². The van der Waals surface area contributed by atoms with E-state index in [9.17, 15) is 4.79 Å². The predicted octanol–water partition coefficient (Wildman–Crippen LogP) is 0.785. The summed E-state index contributed by atoms with van der Waals surface area (Å²) in [6.07, 6.45) is 0. The predicted molar refractivity (Wildman–Crippen MR) is 71.0 cm³/mol. The van der Waals surface area contributed by atoms with Crippen molar-refractivity contribution in [2.24, 2.45) is 5.92 Å². The van der Waals surface area contributed by atoms with Crippen LogP contribution in [0.15, 0.2) is 0 Å². The lowest BCUT2D eigenvalue weighted by atomic mass is 10.2. The van der Waals surface area contributed by atoms with E-state index in [2.05, 4.69) is 42.8 Å². The maximum Gasteiger partial charge on any atom is 0.234 e. The molecule has 1 aliphatic heterocycles. The number of nitrogens with one attached hydrogen (secondary N) is 1. The molecule has 1 aliphatic rings. The molecule has 0 unspecified atom stereocenters. The third kappa shape index (κ3) is 5.50. The molecule has 1 saturated heterocycles. The van der Waals surface area contributed by atoms with Gasteiger partial charge in [-0.3, -0.25) is 14.6 Å². The van der Waals surface area contributed by atoms with E-state index in [0.29, 0.717) is 18.5 Å². The molecule has 1 fully saturated rings. The molecule has 0 atom stereocenters. The molecule has 0 bridgehead atoms. The maximum atomic E-state index is 11.7. The van der Waals surface area contributed by atoms with E-state index in [1.807, 2.05) is 0 Å². The zero-order valence-corrected chi connectivity index (χ0v) is 11.7. The van der Waals surface area contributed by atoms with Crippen LogP contribution in [0, 0.1) is 5.92 Å². The lowest BCUT2D eigenvalue weighted by Crippen LogP contribution is -2.51. The number of hydrogen-bond donors (Lipinski definition) is 1. The van der Waals surface area contributed by atoms with Crippen LogP contribution in [0.2, 0.25) is 0 Å². The summed E-state index contributed by atoms with van der Waals surface area (Å²) >= 11 is 0. The maximum absolute atomic E-state index is 11.7. The van der Waals surface area contributed by atoms with E-state index in [-0.39, 0.29) is 5.91 Å². The van der Waals surface area contributed by atoms with E-state index in [1.54, 1.807) is 0 Å². The molecule has 1 heterocycles. The molecule has 1 N–H and O–H groups in total. The standard InChI is InChI=1S/C13H27N3O/c1-11(2)9-14-13(17)10-15-5-7-16(8-6-15)12(3)4/h11-12H,5-10H2,1-4H3,(H,14,17). The minimum absolute atomic E-state index is 0.164. The van der Waals surface area contributed by atoms with Crippen molar-refractivity contribution in [1.82, 2.24) is 15.1 Å². The van der Waals surface area contributed by atoms with E-state index in [0.717, 1.165) is 32.7 Å². The summed E-state index contributed by atoms with van der Waals surface area (Å²) in [6.45, 7) is 14.2. The minimum Gasteiger partial charge on any atom is -0.355 e. The second-order valence-corrected chi connectivity index (χ2v) is 5.60. The first-order chi connectivity index (χ1) is 7.99. The SMILES string of the molecule is CC(C)CNC(=O)CN1CCN(C(C)C)CC1. The summed E-state index contributed by atoms with van der Waals surface area (Å²) in [5.74, 6) is 0.688. The van der Waals surface area contributed by atoms with Crippen molar-refractivity contribution in [1.29, 1.82) is 0 Å². The fourth-order valence-corrected chi connectivity index (χ4v) is 2.01. The summed E-state index contributed by atoms with van der Waals surface area (Å²) in [5, 5.41) is 2.97. The van der Waals surface area contributed by atoms with Gasteiger partial charge in [-0.2, -0.15) is 0 Å². The fourth-order valence-electron chi connectivity index (χ4n) is 2.01. The lowest BCUT2D eigenvalue weighted by Gasteiger charge is -2.36. The molecule has 100 valence electrons. The molecule has 1 amide bonds. The van der Waals surface area contributed by atoms with Gasteiger partial charge in [-0.1, -0.05) is 13.8 Å². The Hall–Kier alpha value is -0.610. The Bertz CT molecular complexity index is 233. The Morgan fingerprint density at radius 1 is 1.12 bits per heavy atom. The molecule has 0 saturated carbocycles. The lowest BCUT2D eigenvalue weighted by molar-refractivity contribution is -0.122. The van der Waals surface area contributed by atoms with Crippen LogP contribution in [-0.2, 0) is 4.79 Å². The van der Waals surface area contributed by atoms with Crippen molar-refractivity contribution in [2.75, 3.05) is 39.3 Å². The van der Waals surface area contributed by atoms with Crippen LogP contribution >= 0.6 is 0 Å². The molecule has 1 rings (SSSR count). The van der Waals surface area contributed by atoms with Crippen LogP contribution in [0.4, 0.5) is 0 Å². The highest BCUT2D eigenvalue weighted by molar-refractivity contribution is 5.78. The van der Waals surface area contributed by atoms with Gasteiger partial charge in [0.1, 0.15) is 0 Å². The molecule has 4 nitrogen and oxygen atoms in total. The Labute approximate surface area is 105 Å². The van der Waals surface area contributed by atoms with E-state index >= 15 is 0 Å². The first-order valence-electron chi connectivity index (χ1n) is 6.72. The Morgan fingerprint density at radius 2 is 1.71 bits per heavy atom. The largest absolute Gasteiger partial charge is 0.355 e. The number of nitrogens with zero attached hydrogens (tertiary/aromatic N) is 2. The number of hydrogen-bond acceptors (Lipinski definition) is 3. The van der Waals surface area contributed by atoms with Crippen molar-refractivity contribution in [3.05, 3.63) is 0 Å². The van der Waals surface area contributed by atoms with E-state index in [1.165, 1.54) is 0 Å². The van der Waals surface area contributed by atoms with Gasteiger partial charge in [-0.15, -0.1) is 0 Å². The average Bonchev–Trinajstić information content (AvgIpc) is 2.27. The highest BCUT2D eigenvalue weighted by atomic mass is 16.2.